The molecule has 0 saturated heterocycles. The first kappa shape index (κ1) is 12.3. The molecule has 3 rings (SSSR count). The highest BCUT2D eigenvalue weighted by Crippen LogP contribution is 2.31. The molecule has 0 aliphatic heterocycles. The SMILES string of the molecule is O=C(NC1CC1)c1c(O)nc(-c2ccccc2O)n1O. The predicted octanol–water partition coefficient (Wildman–Crippen LogP) is 1.09. The van der Waals surface area contributed by atoms with Crippen LogP contribution >= 0.6 is 0 Å². The lowest BCUT2D eigenvalue weighted by Gasteiger charge is -2.05. The molecule has 0 unspecified atom stereocenters. The smallest absolute Gasteiger partial charge is 0.277 e. The average Bonchev–Trinajstić information content (AvgIpc) is 3.15. The summed E-state index contributed by atoms with van der Waals surface area (Å²) in [7, 11) is 0. The van der Waals surface area contributed by atoms with E-state index in [4.69, 9.17) is 0 Å². The zero-order valence-corrected chi connectivity index (χ0v) is 10.4. The van der Waals surface area contributed by atoms with Gasteiger partial charge in [-0.25, -0.2) is 0 Å². The van der Waals surface area contributed by atoms with Crippen LogP contribution in [0, 0.1) is 0 Å². The average molecular weight is 275 g/mol. The van der Waals surface area contributed by atoms with Crippen molar-refractivity contribution in [1.29, 1.82) is 0 Å². The lowest BCUT2D eigenvalue weighted by molar-refractivity contribution is 0.0898. The molecule has 20 heavy (non-hydrogen) atoms. The van der Waals surface area contributed by atoms with Crippen molar-refractivity contribution in [3.8, 4) is 23.0 Å². The molecule has 1 aromatic heterocycles. The second-order valence-electron chi connectivity index (χ2n) is 4.68. The third-order valence-electron chi connectivity index (χ3n) is 3.11. The Bertz CT molecular complexity index is 676. The number of hydrogen-bond acceptors (Lipinski definition) is 5. The molecular formula is C13H13N3O4. The van der Waals surface area contributed by atoms with Crippen molar-refractivity contribution in [3.63, 3.8) is 0 Å². The summed E-state index contributed by atoms with van der Waals surface area (Å²) in [4.78, 5) is 15.6. The van der Waals surface area contributed by atoms with Crippen LogP contribution < -0.4 is 5.32 Å². The van der Waals surface area contributed by atoms with Crippen molar-refractivity contribution in [3.05, 3.63) is 30.0 Å². The fraction of sp³-hybridized carbons (Fsp3) is 0.231. The maximum atomic E-state index is 11.9. The van der Waals surface area contributed by atoms with E-state index in [9.17, 15) is 20.2 Å². The molecule has 1 saturated carbocycles. The molecule has 1 aliphatic rings. The van der Waals surface area contributed by atoms with Gasteiger partial charge in [-0.2, -0.15) is 9.71 Å². The number of imidazole rings is 1. The van der Waals surface area contributed by atoms with Gasteiger partial charge in [0.25, 0.3) is 5.91 Å². The van der Waals surface area contributed by atoms with Crippen LogP contribution in [0.15, 0.2) is 24.3 Å². The minimum Gasteiger partial charge on any atom is -0.507 e. The Balaban J connectivity index is 2.02. The van der Waals surface area contributed by atoms with Gasteiger partial charge in [-0.3, -0.25) is 4.79 Å². The molecule has 1 heterocycles. The molecule has 0 radical (unpaired) electrons. The summed E-state index contributed by atoms with van der Waals surface area (Å²) in [6, 6.07) is 6.29. The Morgan fingerprint density at radius 2 is 2.00 bits per heavy atom. The number of nitrogens with zero attached hydrogens (tertiary/aromatic N) is 2. The van der Waals surface area contributed by atoms with Crippen LogP contribution in [-0.2, 0) is 0 Å². The van der Waals surface area contributed by atoms with Crippen molar-refractivity contribution in [2.45, 2.75) is 18.9 Å². The number of amides is 1. The van der Waals surface area contributed by atoms with Crippen molar-refractivity contribution in [2.24, 2.45) is 0 Å². The van der Waals surface area contributed by atoms with Crippen LogP contribution in [-0.4, -0.2) is 37.1 Å². The van der Waals surface area contributed by atoms with Gasteiger partial charge in [0.15, 0.2) is 5.82 Å². The molecule has 7 nitrogen and oxygen atoms in total. The van der Waals surface area contributed by atoms with E-state index in [1.54, 1.807) is 12.1 Å². The lowest BCUT2D eigenvalue weighted by atomic mass is 10.2. The number of benzene rings is 1. The Labute approximate surface area is 114 Å². The third kappa shape index (κ3) is 2.03. The maximum Gasteiger partial charge on any atom is 0.277 e. The molecule has 1 amide bonds. The number of aromatic nitrogens is 2. The molecule has 1 aliphatic carbocycles. The van der Waals surface area contributed by atoms with E-state index in [0.717, 1.165) is 12.8 Å². The molecule has 104 valence electrons. The largest absolute Gasteiger partial charge is 0.507 e. The second kappa shape index (κ2) is 4.44. The molecule has 7 heteroatoms. The standard InChI is InChI=1S/C13H13N3O4/c17-9-4-2-1-3-8(9)11-15-13(19)10(16(11)20)12(18)14-7-5-6-7/h1-4,7,17,19-20H,5-6H2,(H,14,18). The second-order valence-corrected chi connectivity index (χ2v) is 4.68. The van der Waals surface area contributed by atoms with E-state index in [0.29, 0.717) is 4.73 Å². The van der Waals surface area contributed by atoms with E-state index < -0.39 is 11.8 Å². The van der Waals surface area contributed by atoms with Gasteiger partial charge in [0.05, 0.1) is 5.56 Å². The van der Waals surface area contributed by atoms with E-state index in [1.165, 1.54) is 12.1 Å². The van der Waals surface area contributed by atoms with E-state index in [-0.39, 0.29) is 28.9 Å². The summed E-state index contributed by atoms with van der Waals surface area (Å²) in [5.41, 5.74) is -0.120. The van der Waals surface area contributed by atoms with Crippen LogP contribution in [0.25, 0.3) is 11.4 Å². The minimum absolute atomic E-state index is 0.0883. The van der Waals surface area contributed by atoms with Crippen LogP contribution in [0.4, 0.5) is 0 Å². The highest BCUT2D eigenvalue weighted by atomic mass is 16.5. The number of rotatable bonds is 3. The van der Waals surface area contributed by atoms with E-state index in [1.807, 2.05) is 0 Å². The first-order valence-corrected chi connectivity index (χ1v) is 6.18. The van der Waals surface area contributed by atoms with Gasteiger partial charge >= 0.3 is 0 Å². The number of phenols is 1. The van der Waals surface area contributed by atoms with Gasteiger partial charge in [0, 0.05) is 6.04 Å². The van der Waals surface area contributed by atoms with Crippen molar-refractivity contribution >= 4 is 5.91 Å². The Morgan fingerprint density at radius 3 is 2.65 bits per heavy atom. The van der Waals surface area contributed by atoms with Crippen LogP contribution in [0.1, 0.15) is 23.3 Å². The molecular weight excluding hydrogens is 262 g/mol. The lowest BCUT2D eigenvalue weighted by Crippen LogP contribution is -2.27. The zero-order chi connectivity index (χ0) is 14.3. The summed E-state index contributed by atoms with van der Waals surface area (Å²) in [5.74, 6) is -1.38. The van der Waals surface area contributed by atoms with Gasteiger partial charge in [-0.15, -0.1) is 0 Å². The molecule has 1 aromatic carbocycles. The van der Waals surface area contributed by atoms with Gasteiger partial charge in [0.2, 0.25) is 11.6 Å². The first-order chi connectivity index (χ1) is 9.58. The van der Waals surface area contributed by atoms with Crippen molar-refractivity contribution in [1.82, 2.24) is 15.0 Å². The fourth-order valence-electron chi connectivity index (χ4n) is 1.92. The van der Waals surface area contributed by atoms with Gasteiger partial charge < -0.3 is 20.7 Å². The molecule has 0 bridgehead atoms. The fourth-order valence-corrected chi connectivity index (χ4v) is 1.92. The number of carbonyl (C=O) groups excluding carboxylic acids is 1. The molecule has 1 fully saturated rings. The first-order valence-electron chi connectivity index (χ1n) is 6.18. The highest BCUT2D eigenvalue weighted by Gasteiger charge is 2.30. The van der Waals surface area contributed by atoms with Gasteiger partial charge in [0.1, 0.15) is 5.75 Å². The van der Waals surface area contributed by atoms with Crippen molar-refractivity contribution in [2.75, 3.05) is 0 Å². The zero-order valence-electron chi connectivity index (χ0n) is 10.4. The highest BCUT2D eigenvalue weighted by molar-refractivity contribution is 5.96. The van der Waals surface area contributed by atoms with Crippen molar-refractivity contribution < 1.29 is 20.2 Å². The Kier molecular flexibility index (Phi) is 2.74. The molecule has 0 atom stereocenters. The van der Waals surface area contributed by atoms with Gasteiger partial charge in [-0.05, 0) is 25.0 Å². The predicted molar refractivity (Wildman–Crippen MR) is 68.7 cm³/mol. The normalized spacial score (nSPS) is 14.2. The van der Waals surface area contributed by atoms with E-state index >= 15 is 0 Å². The molecule has 2 aromatic rings. The number of hydrogen-bond donors (Lipinski definition) is 4. The Morgan fingerprint density at radius 1 is 1.30 bits per heavy atom. The number of aromatic hydroxyl groups is 2. The van der Waals surface area contributed by atoms with Crippen LogP contribution in [0.3, 0.4) is 0 Å². The minimum atomic E-state index is -0.596. The summed E-state index contributed by atoms with van der Waals surface area (Å²) < 4.78 is 0.488. The summed E-state index contributed by atoms with van der Waals surface area (Å²) in [6.45, 7) is 0. The Hall–Kier alpha value is -2.70. The summed E-state index contributed by atoms with van der Waals surface area (Å²) in [5, 5.41) is 32.1. The monoisotopic (exact) mass is 275 g/mol. The van der Waals surface area contributed by atoms with E-state index in [2.05, 4.69) is 10.3 Å². The number of carbonyl (C=O) groups is 1. The third-order valence-corrected chi connectivity index (χ3v) is 3.11. The molecule has 4 N–H and O–H groups in total. The topological polar surface area (TPSA) is 108 Å². The molecule has 0 spiro atoms. The van der Waals surface area contributed by atoms with Gasteiger partial charge in [-0.1, -0.05) is 12.1 Å². The van der Waals surface area contributed by atoms with Crippen LogP contribution in [0.2, 0.25) is 0 Å². The number of para-hydroxylation sites is 1. The number of nitrogens with one attached hydrogen (secondary N) is 1. The maximum absolute atomic E-state index is 11.9. The number of phenolic OH excluding ortho intramolecular Hbond substituents is 1. The van der Waals surface area contributed by atoms with Crippen LogP contribution in [0.5, 0.6) is 11.6 Å². The summed E-state index contributed by atoms with van der Waals surface area (Å²) in [6.07, 6.45) is 1.77. The quantitative estimate of drug-likeness (QED) is 0.627. The summed E-state index contributed by atoms with van der Waals surface area (Å²) >= 11 is 0.